The molecule has 0 radical (unpaired) electrons. The highest BCUT2D eigenvalue weighted by Crippen LogP contribution is 2.32. The molecule has 0 atom stereocenters. The number of sulfonamides is 1. The highest BCUT2D eigenvalue weighted by Gasteiger charge is 2.19. The van der Waals surface area contributed by atoms with Gasteiger partial charge in [-0.15, -0.1) is 0 Å². The highest BCUT2D eigenvalue weighted by atomic mass is 32.2. The van der Waals surface area contributed by atoms with Crippen LogP contribution < -0.4 is 19.7 Å². The van der Waals surface area contributed by atoms with E-state index >= 15 is 0 Å². The Bertz CT molecular complexity index is 586. The van der Waals surface area contributed by atoms with Gasteiger partial charge >= 0.3 is 0 Å². The van der Waals surface area contributed by atoms with E-state index in [0.29, 0.717) is 24.7 Å². The fraction of sp³-hybridized carbons (Fsp3) is 0.300. The van der Waals surface area contributed by atoms with Crippen LogP contribution in [0.25, 0.3) is 0 Å². The summed E-state index contributed by atoms with van der Waals surface area (Å²) in [6.07, 6.45) is 0. The fourth-order valence-corrected chi connectivity index (χ4v) is 2.47. The van der Waals surface area contributed by atoms with E-state index in [-0.39, 0.29) is 4.90 Å². The molecule has 0 saturated heterocycles. The van der Waals surface area contributed by atoms with Crippen molar-refractivity contribution in [2.45, 2.75) is 4.90 Å². The summed E-state index contributed by atoms with van der Waals surface area (Å²) < 4.78 is 36.3. The number of fused-ring (bicyclic) bond motifs is 1. The zero-order chi connectivity index (χ0) is 13.9. The fourth-order valence-electron chi connectivity index (χ4n) is 1.47. The van der Waals surface area contributed by atoms with Crippen LogP contribution in [0.4, 0.5) is 0 Å². The Labute approximate surface area is 109 Å². The molecule has 0 spiro atoms. The van der Waals surface area contributed by atoms with Crippen LogP contribution in [0.15, 0.2) is 23.1 Å². The zero-order valence-corrected chi connectivity index (χ0v) is 10.6. The van der Waals surface area contributed by atoms with Crippen molar-refractivity contribution in [1.29, 1.82) is 0 Å². The van der Waals surface area contributed by atoms with Gasteiger partial charge < -0.3 is 9.47 Å². The standard InChI is InChI=1S/C10H12N2O6S/c13-10(12-14)6-11-19(15,16)7-1-2-8-9(5-7)18-4-3-17-8/h1-2,5,11,14H,3-4,6H2,(H,12,13). The number of carbonyl (C=O) groups is 1. The second-order valence-electron chi connectivity index (χ2n) is 3.66. The summed E-state index contributed by atoms with van der Waals surface area (Å²) in [7, 11) is -3.86. The van der Waals surface area contributed by atoms with Crippen molar-refractivity contribution in [3.05, 3.63) is 18.2 Å². The molecule has 8 nitrogen and oxygen atoms in total. The maximum Gasteiger partial charge on any atom is 0.258 e. The molecule has 0 aliphatic carbocycles. The molecule has 0 unspecified atom stereocenters. The van der Waals surface area contributed by atoms with E-state index in [9.17, 15) is 13.2 Å². The van der Waals surface area contributed by atoms with Gasteiger partial charge in [-0.2, -0.15) is 0 Å². The molecule has 3 N–H and O–H groups in total. The number of ether oxygens (including phenoxy) is 2. The summed E-state index contributed by atoms with van der Waals surface area (Å²) in [5, 5.41) is 8.29. The lowest BCUT2D eigenvalue weighted by Gasteiger charge is -2.18. The van der Waals surface area contributed by atoms with E-state index in [2.05, 4.69) is 0 Å². The molecule has 1 aromatic carbocycles. The van der Waals surface area contributed by atoms with Gasteiger partial charge in [0.25, 0.3) is 5.91 Å². The third-order valence-electron chi connectivity index (χ3n) is 2.37. The average molecular weight is 288 g/mol. The molecule has 1 amide bonds. The largest absolute Gasteiger partial charge is 0.486 e. The van der Waals surface area contributed by atoms with E-state index in [1.807, 2.05) is 4.72 Å². The number of hydrogen-bond acceptors (Lipinski definition) is 6. The topological polar surface area (TPSA) is 114 Å². The molecule has 0 saturated carbocycles. The van der Waals surface area contributed by atoms with Gasteiger partial charge in [-0.25, -0.2) is 18.6 Å². The van der Waals surface area contributed by atoms with Crippen molar-refractivity contribution in [2.75, 3.05) is 19.8 Å². The van der Waals surface area contributed by atoms with Crippen LogP contribution in [0.2, 0.25) is 0 Å². The van der Waals surface area contributed by atoms with Crippen LogP contribution in [-0.4, -0.2) is 39.3 Å². The van der Waals surface area contributed by atoms with Gasteiger partial charge in [-0.1, -0.05) is 0 Å². The van der Waals surface area contributed by atoms with Crippen molar-refractivity contribution in [3.63, 3.8) is 0 Å². The van der Waals surface area contributed by atoms with Crippen LogP contribution >= 0.6 is 0 Å². The average Bonchev–Trinajstić information content (AvgIpc) is 2.44. The number of benzene rings is 1. The summed E-state index contributed by atoms with van der Waals surface area (Å²) in [6.45, 7) is 0.193. The number of rotatable bonds is 4. The lowest BCUT2D eigenvalue weighted by molar-refractivity contribution is -0.127. The van der Waals surface area contributed by atoms with Gasteiger partial charge in [0.15, 0.2) is 11.5 Å². The lowest BCUT2D eigenvalue weighted by atomic mass is 10.3. The van der Waals surface area contributed by atoms with E-state index < -0.39 is 22.5 Å². The summed E-state index contributed by atoms with van der Waals surface area (Å²) in [4.78, 5) is 10.7. The molecule has 104 valence electrons. The molecule has 0 aromatic heterocycles. The highest BCUT2D eigenvalue weighted by molar-refractivity contribution is 7.89. The Morgan fingerprint density at radius 2 is 1.95 bits per heavy atom. The molecule has 1 aromatic rings. The van der Waals surface area contributed by atoms with E-state index in [1.54, 1.807) is 0 Å². The van der Waals surface area contributed by atoms with Crippen LogP contribution in [-0.2, 0) is 14.8 Å². The first kappa shape index (κ1) is 13.6. The molecule has 2 rings (SSSR count). The van der Waals surface area contributed by atoms with E-state index in [0.717, 1.165) is 0 Å². The minimum atomic E-state index is -3.86. The van der Waals surface area contributed by atoms with Crippen molar-refractivity contribution in [3.8, 4) is 11.5 Å². The zero-order valence-electron chi connectivity index (χ0n) is 9.75. The second kappa shape index (κ2) is 5.43. The van der Waals surface area contributed by atoms with Crippen LogP contribution in [0.3, 0.4) is 0 Å². The first-order valence-corrected chi connectivity index (χ1v) is 6.83. The smallest absolute Gasteiger partial charge is 0.258 e. The predicted molar refractivity (Wildman–Crippen MR) is 62.5 cm³/mol. The molecule has 1 aliphatic rings. The third kappa shape index (κ3) is 3.13. The molecule has 0 fully saturated rings. The second-order valence-corrected chi connectivity index (χ2v) is 5.43. The van der Waals surface area contributed by atoms with Crippen molar-refractivity contribution in [2.24, 2.45) is 0 Å². The Morgan fingerprint density at radius 3 is 2.63 bits per heavy atom. The normalized spacial score (nSPS) is 13.9. The Kier molecular flexibility index (Phi) is 3.88. The van der Waals surface area contributed by atoms with Crippen LogP contribution in [0.1, 0.15) is 0 Å². The SMILES string of the molecule is O=C(CNS(=O)(=O)c1ccc2c(c1)OCCO2)NO. The van der Waals surface area contributed by atoms with Crippen LogP contribution in [0.5, 0.6) is 11.5 Å². The van der Waals surface area contributed by atoms with Gasteiger partial charge in [0.05, 0.1) is 11.4 Å². The molecule has 0 bridgehead atoms. The summed E-state index contributed by atoms with van der Waals surface area (Å²) in [5.74, 6) is -0.0554. The molecule has 19 heavy (non-hydrogen) atoms. The van der Waals surface area contributed by atoms with Crippen molar-refractivity contribution >= 4 is 15.9 Å². The van der Waals surface area contributed by atoms with Gasteiger partial charge in [0, 0.05) is 6.07 Å². The number of nitrogens with one attached hydrogen (secondary N) is 2. The Hall–Kier alpha value is -1.84. The Balaban J connectivity index is 2.18. The predicted octanol–water partition coefficient (Wildman–Crippen LogP) is -0.758. The minimum Gasteiger partial charge on any atom is -0.486 e. The number of carbonyl (C=O) groups excluding carboxylic acids is 1. The first-order valence-electron chi connectivity index (χ1n) is 5.35. The van der Waals surface area contributed by atoms with Gasteiger partial charge in [0.2, 0.25) is 10.0 Å². The quantitative estimate of drug-likeness (QED) is 0.496. The van der Waals surface area contributed by atoms with Crippen molar-refractivity contribution < 1.29 is 27.9 Å². The molecule has 9 heteroatoms. The lowest BCUT2D eigenvalue weighted by Crippen LogP contribution is -2.35. The molecule has 1 heterocycles. The molecular formula is C10H12N2O6S. The van der Waals surface area contributed by atoms with Gasteiger partial charge in [-0.3, -0.25) is 10.0 Å². The monoisotopic (exact) mass is 288 g/mol. The third-order valence-corrected chi connectivity index (χ3v) is 3.77. The maximum atomic E-state index is 11.9. The van der Waals surface area contributed by atoms with E-state index in [1.165, 1.54) is 23.7 Å². The molecule has 1 aliphatic heterocycles. The number of hydroxylamine groups is 1. The number of amides is 1. The summed E-state index contributed by atoms with van der Waals surface area (Å²) >= 11 is 0. The first-order chi connectivity index (χ1) is 9.03. The van der Waals surface area contributed by atoms with Gasteiger partial charge in [0.1, 0.15) is 13.2 Å². The molecular weight excluding hydrogens is 276 g/mol. The summed E-state index contributed by atoms with van der Waals surface area (Å²) in [6, 6.07) is 4.13. The van der Waals surface area contributed by atoms with Crippen LogP contribution in [0, 0.1) is 0 Å². The Morgan fingerprint density at radius 1 is 1.26 bits per heavy atom. The van der Waals surface area contributed by atoms with Crippen molar-refractivity contribution in [1.82, 2.24) is 10.2 Å². The number of hydrogen-bond donors (Lipinski definition) is 3. The van der Waals surface area contributed by atoms with E-state index in [4.69, 9.17) is 14.7 Å². The van der Waals surface area contributed by atoms with Gasteiger partial charge in [-0.05, 0) is 12.1 Å². The minimum absolute atomic E-state index is 0.0533. The summed E-state index contributed by atoms with van der Waals surface area (Å²) in [5.41, 5.74) is 1.33. The maximum absolute atomic E-state index is 11.9.